The molecule has 150 valence electrons. The lowest BCUT2D eigenvalue weighted by Gasteiger charge is -2.33. The molecule has 0 saturated carbocycles. The molecule has 2 atom stereocenters. The topological polar surface area (TPSA) is 69.7 Å². The van der Waals surface area contributed by atoms with Gasteiger partial charge in [0.05, 0.1) is 10.6 Å². The third-order valence-corrected chi connectivity index (χ3v) is 5.13. The zero-order chi connectivity index (χ0) is 21.2. The maximum Gasteiger partial charge on any atom is 0.304 e. The molecule has 0 aromatic carbocycles. The Balaban J connectivity index is 2.45. The highest BCUT2D eigenvalue weighted by atomic mass is 35.5. The van der Waals surface area contributed by atoms with Crippen LogP contribution in [-0.4, -0.2) is 23.1 Å². The second-order valence-electron chi connectivity index (χ2n) is 7.22. The molecule has 0 fully saturated rings. The lowest BCUT2D eigenvalue weighted by Crippen LogP contribution is -2.51. The van der Waals surface area contributed by atoms with Gasteiger partial charge in [-0.05, 0) is 38.8 Å². The van der Waals surface area contributed by atoms with Crippen LogP contribution >= 0.6 is 11.6 Å². The maximum atomic E-state index is 12.9. The Hall–Kier alpha value is -2.40. The van der Waals surface area contributed by atoms with Crippen LogP contribution in [0.2, 0.25) is 0 Å². The van der Waals surface area contributed by atoms with Gasteiger partial charge in [-0.2, -0.15) is 0 Å². The van der Waals surface area contributed by atoms with Crippen LogP contribution in [0.4, 0.5) is 0 Å². The van der Waals surface area contributed by atoms with Gasteiger partial charge in [-0.25, -0.2) is 0 Å². The van der Waals surface area contributed by atoms with E-state index in [1.54, 1.807) is 19.1 Å². The van der Waals surface area contributed by atoms with Gasteiger partial charge in [-0.15, -0.1) is 0 Å². The molecule has 1 heterocycles. The van der Waals surface area contributed by atoms with E-state index in [1.807, 2.05) is 13.0 Å². The van der Waals surface area contributed by atoms with Gasteiger partial charge in [0.2, 0.25) is 17.2 Å². The summed E-state index contributed by atoms with van der Waals surface area (Å²) in [6.07, 6.45) is 8.42. The zero-order valence-corrected chi connectivity index (χ0v) is 17.8. The first-order chi connectivity index (χ1) is 13.0. The minimum atomic E-state index is -1.98. The molecule has 2 aliphatic rings. The van der Waals surface area contributed by atoms with Crippen molar-refractivity contribution < 1.29 is 23.9 Å². The molecular formula is C22H25ClO5. The van der Waals surface area contributed by atoms with E-state index in [4.69, 9.17) is 21.1 Å². The van der Waals surface area contributed by atoms with Gasteiger partial charge in [-0.1, -0.05) is 49.6 Å². The van der Waals surface area contributed by atoms with E-state index in [1.165, 1.54) is 6.92 Å². The van der Waals surface area contributed by atoms with Crippen LogP contribution in [0.15, 0.2) is 57.6 Å². The van der Waals surface area contributed by atoms with Crippen LogP contribution in [-0.2, 0) is 23.9 Å². The molecule has 0 aromatic heterocycles. The molecule has 0 saturated heterocycles. The minimum absolute atomic E-state index is 0.150. The summed E-state index contributed by atoms with van der Waals surface area (Å²) in [6, 6.07) is 0. The molecule has 0 N–H and O–H groups in total. The van der Waals surface area contributed by atoms with E-state index in [9.17, 15) is 14.4 Å². The summed E-state index contributed by atoms with van der Waals surface area (Å²) < 4.78 is 10.8. The summed E-state index contributed by atoms with van der Waals surface area (Å²) >= 11 is 6.27. The van der Waals surface area contributed by atoms with Crippen LogP contribution in [0.5, 0.6) is 0 Å². The molecule has 0 bridgehead atoms. The Morgan fingerprint density at radius 3 is 2.54 bits per heavy atom. The lowest BCUT2D eigenvalue weighted by atomic mass is 9.79. The van der Waals surface area contributed by atoms with E-state index in [0.29, 0.717) is 17.4 Å². The molecule has 2 rings (SSSR count). The Bertz CT molecular complexity index is 885. The van der Waals surface area contributed by atoms with E-state index < -0.39 is 23.1 Å². The number of ether oxygens (including phenoxy) is 2. The molecule has 0 unspecified atom stereocenters. The predicted octanol–water partition coefficient (Wildman–Crippen LogP) is 4.69. The number of hydrogen-bond acceptors (Lipinski definition) is 5. The van der Waals surface area contributed by atoms with Gasteiger partial charge in [-0.3, -0.25) is 14.4 Å². The molecule has 0 spiro atoms. The first-order valence-corrected chi connectivity index (χ1v) is 9.55. The van der Waals surface area contributed by atoms with Crippen LogP contribution in [0, 0.1) is 5.92 Å². The Labute approximate surface area is 170 Å². The number of Topliss-reactive ketones (excluding diaryl/α,β-unsaturated/α-hetero) is 2. The van der Waals surface area contributed by atoms with E-state index in [2.05, 4.69) is 19.9 Å². The summed E-state index contributed by atoms with van der Waals surface area (Å²) in [5.74, 6) is -0.900. The summed E-state index contributed by atoms with van der Waals surface area (Å²) in [5, 5.41) is -0.154. The normalized spacial score (nSPS) is 24.2. The van der Waals surface area contributed by atoms with E-state index in [-0.39, 0.29) is 16.2 Å². The van der Waals surface area contributed by atoms with Crippen molar-refractivity contribution in [2.24, 2.45) is 5.92 Å². The Morgan fingerprint density at radius 1 is 1.32 bits per heavy atom. The highest BCUT2D eigenvalue weighted by Crippen LogP contribution is 2.40. The van der Waals surface area contributed by atoms with Crippen molar-refractivity contribution in [1.82, 2.24) is 0 Å². The van der Waals surface area contributed by atoms with Gasteiger partial charge in [0.1, 0.15) is 11.5 Å². The fraction of sp³-hybridized carbons (Fsp3) is 0.409. The molecule has 6 heteroatoms. The maximum absolute atomic E-state index is 12.9. The standard InChI is InChI=1S/C22H25ClO5/c1-7-12(2)10-13(3)8-9-16-11-17-18(14(4)27-16)20(25)22(6,28-15(5)24)21(26)19(17)23/h8-12H,7H2,1-6H3/b9-8+,13-10+/t12-,22+/m0/s1. The Morgan fingerprint density at radius 2 is 1.96 bits per heavy atom. The number of carbonyl (C=O) groups excluding carboxylic acids is 3. The van der Waals surface area contributed by atoms with Crippen LogP contribution in [0.25, 0.3) is 0 Å². The number of allylic oxidation sites excluding steroid dienone is 7. The number of halogens is 1. The first kappa shape index (κ1) is 21.9. The molecule has 0 amide bonds. The monoisotopic (exact) mass is 404 g/mol. The quantitative estimate of drug-likeness (QED) is 0.377. The van der Waals surface area contributed by atoms with E-state index in [0.717, 1.165) is 18.9 Å². The summed E-state index contributed by atoms with van der Waals surface area (Å²) in [6.45, 7) is 10.2. The molecular weight excluding hydrogens is 380 g/mol. The zero-order valence-electron chi connectivity index (χ0n) is 17.0. The van der Waals surface area contributed by atoms with Crippen molar-refractivity contribution in [3.8, 4) is 0 Å². The summed E-state index contributed by atoms with van der Waals surface area (Å²) in [7, 11) is 0. The van der Waals surface area contributed by atoms with Crippen LogP contribution < -0.4 is 0 Å². The number of rotatable bonds is 5. The van der Waals surface area contributed by atoms with Gasteiger partial charge < -0.3 is 9.47 Å². The van der Waals surface area contributed by atoms with Crippen LogP contribution in [0.3, 0.4) is 0 Å². The van der Waals surface area contributed by atoms with E-state index >= 15 is 0 Å². The third-order valence-electron chi connectivity index (χ3n) is 4.76. The second kappa shape index (κ2) is 8.31. The average Bonchev–Trinajstić information content (AvgIpc) is 2.62. The van der Waals surface area contributed by atoms with Gasteiger partial charge in [0.15, 0.2) is 0 Å². The fourth-order valence-corrected chi connectivity index (χ4v) is 3.42. The van der Waals surface area contributed by atoms with Gasteiger partial charge in [0.25, 0.3) is 0 Å². The number of hydrogen-bond donors (Lipinski definition) is 0. The number of carbonyl (C=O) groups is 3. The Kier molecular flexibility index (Phi) is 6.50. The van der Waals surface area contributed by atoms with Crippen molar-refractivity contribution in [1.29, 1.82) is 0 Å². The molecule has 5 nitrogen and oxygen atoms in total. The van der Waals surface area contributed by atoms with Crippen molar-refractivity contribution in [2.45, 2.75) is 53.6 Å². The largest absolute Gasteiger partial charge is 0.461 e. The summed E-state index contributed by atoms with van der Waals surface area (Å²) in [5.41, 5.74) is -0.474. The van der Waals surface area contributed by atoms with Crippen molar-refractivity contribution in [2.75, 3.05) is 0 Å². The van der Waals surface area contributed by atoms with Gasteiger partial charge >= 0.3 is 5.97 Å². The predicted molar refractivity (Wildman–Crippen MR) is 107 cm³/mol. The van der Waals surface area contributed by atoms with Crippen molar-refractivity contribution >= 4 is 29.1 Å². The average molecular weight is 405 g/mol. The molecule has 1 aliphatic heterocycles. The fourth-order valence-electron chi connectivity index (χ4n) is 3.09. The SMILES string of the molecule is CC[C@H](C)/C=C(C)/C=C/C1=CC2=C(Cl)C(=O)[C@](C)(OC(C)=O)C(=O)C2=C(C)O1. The van der Waals surface area contributed by atoms with Crippen molar-refractivity contribution in [3.63, 3.8) is 0 Å². The molecule has 28 heavy (non-hydrogen) atoms. The minimum Gasteiger partial charge on any atom is -0.461 e. The second-order valence-corrected chi connectivity index (χ2v) is 7.60. The number of fused-ring (bicyclic) bond motifs is 1. The smallest absolute Gasteiger partial charge is 0.304 e. The summed E-state index contributed by atoms with van der Waals surface area (Å²) in [4.78, 5) is 37.0. The number of esters is 1. The van der Waals surface area contributed by atoms with Gasteiger partial charge in [0, 0.05) is 12.5 Å². The molecule has 1 aliphatic carbocycles. The lowest BCUT2D eigenvalue weighted by molar-refractivity contribution is -0.167. The first-order valence-electron chi connectivity index (χ1n) is 9.17. The molecule has 0 aromatic rings. The van der Waals surface area contributed by atoms with Crippen LogP contribution in [0.1, 0.15) is 48.0 Å². The third kappa shape index (κ3) is 4.20. The van der Waals surface area contributed by atoms with Crippen molar-refractivity contribution in [3.05, 3.63) is 57.6 Å². The highest BCUT2D eigenvalue weighted by Gasteiger charge is 2.53. The highest BCUT2D eigenvalue weighted by molar-refractivity contribution is 6.49. The molecule has 0 radical (unpaired) electrons. The number of ketones is 2.